The predicted octanol–water partition coefficient (Wildman–Crippen LogP) is 4.98. The summed E-state index contributed by atoms with van der Waals surface area (Å²) in [6.07, 6.45) is 3.81. The Bertz CT molecular complexity index is 885. The molecular formula is C23H24N4. The number of nitriles is 3. The smallest absolute Gasteiger partial charge is 0.189 e. The molecule has 2 aliphatic rings. The molecule has 0 aliphatic heterocycles. The monoisotopic (exact) mass is 356 g/mol. The molecule has 4 heteroatoms. The molecule has 4 nitrogen and oxygen atoms in total. The zero-order chi connectivity index (χ0) is 19.8. The van der Waals surface area contributed by atoms with E-state index in [2.05, 4.69) is 45.1 Å². The predicted molar refractivity (Wildman–Crippen MR) is 103 cm³/mol. The molecule has 1 aromatic carbocycles. The zero-order valence-corrected chi connectivity index (χ0v) is 16.0. The van der Waals surface area contributed by atoms with Gasteiger partial charge in [0.1, 0.15) is 5.92 Å². The minimum atomic E-state index is -1.61. The van der Waals surface area contributed by atoms with Crippen molar-refractivity contribution in [3.05, 3.63) is 47.5 Å². The Morgan fingerprint density at radius 1 is 1.07 bits per heavy atom. The highest BCUT2D eigenvalue weighted by Crippen LogP contribution is 2.57. The molecule has 1 aromatic rings. The number of hydrogen-bond donors (Lipinski definition) is 1. The lowest BCUT2D eigenvalue weighted by Crippen LogP contribution is -2.50. The molecule has 0 heterocycles. The number of benzene rings is 1. The average Bonchev–Trinajstić information content (AvgIpc) is 2.67. The molecule has 0 amide bonds. The summed E-state index contributed by atoms with van der Waals surface area (Å²) in [5.41, 5.74) is 0.243. The summed E-state index contributed by atoms with van der Waals surface area (Å²) >= 11 is 0. The van der Waals surface area contributed by atoms with Crippen molar-refractivity contribution in [1.82, 2.24) is 0 Å². The van der Waals surface area contributed by atoms with Crippen molar-refractivity contribution in [3.8, 4) is 18.2 Å². The van der Waals surface area contributed by atoms with Gasteiger partial charge in [-0.05, 0) is 41.2 Å². The Hall–Kier alpha value is -2.90. The lowest BCUT2D eigenvalue weighted by molar-refractivity contribution is 0.168. The van der Waals surface area contributed by atoms with Crippen molar-refractivity contribution < 1.29 is 0 Å². The largest absolute Gasteiger partial charge is 0.305 e. The molecule has 1 unspecified atom stereocenters. The normalized spacial score (nSPS) is 29.5. The first-order chi connectivity index (χ1) is 12.8. The number of hydrogen-bond acceptors (Lipinski definition) is 4. The summed E-state index contributed by atoms with van der Waals surface area (Å²) in [5, 5.41) is 38.4. The van der Waals surface area contributed by atoms with E-state index >= 15 is 0 Å². The van der Waals surface area contributed by atoms with E-state index in [1.54, 1.807) is 0 Å². The molecule has 27 heavy (non-hydrogen) atoms. The van der Waals surface area contributed by atoms with Gasteiger partial charge in [0.2, 0.25) is 0 Å². The third-order valence-electron chi connectivity index (χ3n) is 6.39. The van der Waals surface area contributed by atoms with Crippen LogP contribution in [0.2, 0.25) is 0 Å². The first-order valence-electron chi connectivity index (χ1n) is 9.36. The molecule has 0 aromatic heterocycles. The minimum Gasteiger partial charge on any atom is -0.305 e. The van der Waals surface area contributed by atoms with Crippen LogP contribution in [0.15, 0.2) is 42.0 Å². The second-order valence-electron chi connectivity index (χ2n) is 8.74. The Labute approximate surface area is 161 Å². The fourth-order valence-electron chi connectivity index (χ4n) is 4.77. The van der Waals surface area contributed by atoms with Crippen molar-refractivity contribution in [1.29, 1.82) is 21.2 Å². The molecule has 0 saturated heterocycles. The summed E-state index contributed by atoms with van der Waals surface area (Å²) in [6, 6.07) is 16.1. The molecular weight excluding hydrogens is 332 g/mol. The molecule has 0 bridgehead atoms. The Balaban J connectivity index is 2.24. The van der Waals surface area contributed by atoms with Gasteiger partial charge in [0.25, 0.3) is 0 Å². The average molecular weight is 356 g/mol. The number of nitrogens with zero attached hydrogens (tertiary/aromatic N) is 3. The second kappa shape index (κ2) is 6.68. The summed E-state index contributed by atoms with van der Waals surface area (Å²) in [6.45, 7) is 6.63. The van der Waals surface area contributed by atoms with Crippen LogP contribution in [-0.4, -0.2) is 5.71 Å². The van der Waals surface area contributed by atoms with Crippen LogP contribution in [0.3, 0.4) is 0 Å². The van der Waals surface area contributed by atoms with Crippen molar-refractivity contribution in [2.24, 2.45) is 28.6 Å². The quantitative estimate of drug-likeness (QED) is 0.719. The number of rotatable bonds is 1. The van der Waals surface area contributed by atoms with Gasteiger partial charge >= 0.3 is 0 Å². The number of nitrogens with one attached hydrogen (secondary N) is 1. The lowest BCUT2D eigenvalue weighted by atomic mass is 9.51. The summed E-state index contributed by atoms with van der Waals surface area (Å²) in [7, 11) is 0. The Kier molecular flexibility index (Phi) is 4.67. The standard InChI is InChI=1S/C23H24N4/c1-22(2,3)16-9-10-17-18(11-16)20(15-7-5-4-6-8-15)23(13-25,14-26)21(27)19(17)12-24/h4-8,10,16,18-20,27H,9,11H2,1-3H3/t16-,18+,19?,20+/m1/s1. The van der Waals surface area contributed by atoms with Crippen molar-refractivity contribution in [3.63, 3.8) is 0 Å². The molecule has 2 aliphatic carbocycles. The lowest BCUT2D eigenvalue weighted by Gasteiger charge is -2.49. The third kappa shape index (κ3) is 2.85. The number of fused-ring (bicyclic) bond motifs is 1. The van der Waals surface area contributed by atoms with Gasteiger partial charge in [0.05, 0.1) is 23.9 Å². The van der Waals surface area contributed by atoms with Crippen LogP contribution in [0.4, 0.5) is 0 Å². The maximum absolute atomic E-state index is 10.0. The first-order valence-corrected chi connectivity index (χ1v) is 9.36. The third-order valence-corrected chi connectivity index (χ3v) is 6.39. The summed E-state index contributed by atoms with van der Waals surface area (Å²) < 4.78 is 0. The van der Waals surface area contributed by atoms with Crippen LogP contribution in [-0.2, 0) is 0 Å². The van der Waals surface area contributed by atoms with Crippen LogP contribution < -0.4 is 0 Å². The van der Waals surface area contributed by atoms with Gasteiger partial charge in [-0.15, -0.1) is 0 Å². The van der Waals surface area contributed by atoms with Crippen LogP contribution in [0.1, 0.15) is 45.1 Å². The second-order valence-corrected chi connectivity index (χ2v) is 8.74. The molecule has 0 radical (unpaired) electrons. The van der Waals surface area contributed by atoms with Gasteiger partial charge in [0, 0.05) is 5.92 Å². The highest BCUT2D eigenvalue weighted by molar-refractivity contribution is 6.00. The minimum absolute atomic E-state index is 0.0689. The summed E-state index contributed by atoms with van der Waals surface area (Å²) in [4.78, 5) is 0. The Morgan fingerprint density at radius 3 is 2.22 bits per heavy atom. The topological polar surface area (TPSA) is 95.2 Å². The van der Waals surface area contributed by atoms with Gasteiger partial charge in [-0.3, -0.25) is 0 Å². The van der Waals surface area contributed by atoms with E-state index in [-0.39, 0.29) is 17.0 Å². The van der Waals surface area contributed by atoms with Crippen molar-refractivity contribution in [2.45, 2.75) is 39.5 Å². The van der Waals surface area contributed by atoms with Gasteiger partial charge < -0.3 is 5.41 Å². The van der Waals surface area contributed by atoms with E-state index < -0.39 is 17.3 Å². The molecule has 0 spiro atoms. The fourth-order valence-corrected chi connectivity index (χ4v) is 4.77. The molecule has 1 saturated carbocycles. The molecule has 4 atom stereocenters. The zero-order valence-electron chi connectivity index (χ0n) is 16.0. The molecule has 3 rings (SSSR count). The Morgan fingerprint density at radius 2 is 1.70 bits per heavy atom. The van der Waals surface area contributed by atoms with Crippen LogP contribution >= 0.6 is 0 Å². The number of allylic oxidation sites excluding steroid dienone is 2. The maximum Gasteiger partial charge on any atom is 0.189 e. The van der Waals surface area contributed by atoms with E-state index in [1.165, 1.54) is 0 Å². The van der Waals surface area contributed by atoms with E-state index in [9.17, 15) is 15.8 Å². The highest BCUT2D eigenvalue weighted by atomic mass is 14.7. The van der Waals surface area contributed by atoms with Gasteiger partial charge in [-0.25, -0.2) is 0 Å². The van der Waals surface area contributed by atoms with Crippen LogP contribution in [0.25, 0.3) is 0 Å². The maximum atomic E-state index is 10.0. The van der Waals surface area contributed by atoms with Crippen molar-refractivity contribution >= 4 is 5.71 Å². The first kappa shape index (κ1) is 18.9. The summed E-state index contributed by atoms with van der Waals surface area (Å²) in [5.74, 6) is -0.889. The van der Waals surface area contributed by atoms with Crippen LogP contribution in [0, 0.1) is 68.0 Å². The molecule has 136 valence electrons. The fraction of sp³-hybridized carbons (Fsp3) is 0.478. The van der Waals surface area contributed by atoms with Crippen molar-refractivity contribution in [2.75, 3.05) is 0 Å². The molecule has 1 fully saturated rings. The highest BCUT2D eigenvalue weighted by Gasteiger charge is 2.58. The van der Waals surface area contributed by atoms with E-state index in [1.807, 2.05) is 30.3 Å². The van der Waals surface area contributed by atoms with E-state index in [4.69, 9.17) is 5.41 Å². The van der Waals surface area contributed by atoms with Gasteiger partial charge in [-0.2, -0.15) is 15.8 Å². The van der Waals surface area contributed by atoms with Gasteiger partial charge in [0.15, 0.2) is 5.41 Å². The molecule has 1 N–H and O–H groups in total. The van der Waals surface area contributed by atoms with E-state index in [0.29, 0.717) is 5.92 Å². The van der Waals surface area contributed by atoms with E-state index in [0.717, 1.165) is 24.0 Å². The van der Waals surface area contributed by atoms with Gasteiger partial charge in [-0.1, -0.05) is 57.2 Å². The van der Waals surface area contributed by atoms with Crippen LogP contribution in [0.5, 0.6) is 0 Å². The SMILES string of the molecule is CC(C)(C)[C@@H]1CC=C2C(C#N)C(=N)C(C#N)(C#N)[C@@H](c3ccccc3)[C@H]2C1.